The molecule has 0 unspecified atom stereocenters. The van der Waals surface area contributed by atoms with Crippen molar-refractivity contribution in [3.8, 4) is 0 Å². The van der Waals surface area contributed by atoms with Crippen LogP contribution < -0.4 is 10.0 Å². The molecule has 0 aliphatic heterocycles. The van der Waals surface area contributed by atoms with Crippen molar-refractivity contribution in [3.05, 3.63) is 107 Å². The number of likely N-dealkylation sites (N-methyl/N-ethyl adjacent to an activating group) is 1. The summed E-state index contributed by atoms with van der Waals surface area (Å²) < 4.78 is 40.6. The van der Waals surface area contributed by atoms with Crippen molar-refractivity contribution in [1.82, 2.24) is 10.2 Å². The number of nitrogens with one attached hydrogen (secondary N) is 2. The number of halogens is 1. The maximum absolute atomic E-state index is 13.6. The lowest BCUT2D eigenvalue weighted by atomic mass is 10.1. The first kappa shape index (κ1) is 24.2. The Morgan fingerprint density at radius 1 is 1.00 bits per heavy atom. The van der Waals surface area contributed by atoms with Crippen molar-refractivity contribution in [2.75, 3.05) is 25.4 Å². The Balaban J connectivity index is 1.61. The predicted octanol–water partition coefficient (Wildman–Crippen LogP) is 4.27. The molecular weight excluding hydrogens is 441 g/mol. The molecule has 0 saturated carbocycles. The summed E-state index contributed by atoms with van der Waals surface area (Å²) in [6.45, 7) is 0.286. The molecule has 0 heterocycles. The molecule has 33 heavy (non-hydrogen) atoms. The number of carbonyl (C=O) groups is 1. The Kier molecular flexibility index (Phi) is 7.97. The van der Waals surface area contributed by atoms with Gasteiger partial charge in [-0.05, 0) is 67.7 Å². The molecule has 0 saturated heterocycles. The maximum atomic E-state index is 13.6. The summed E-state index contributed by atoms with van der Waals surface area (Å²) in [5.41, 5.74) is 2.25. The molecule has 0 radical (unpaired) electrons. The largest absolute Gasteiger partial charge is 0.350 e. The van der Waals surface area contributed by atoms with E-state index in [0.29, 0.717) is 11.3 Å². The van der Waals surface area contributed by atoms with Crippen molar-refractivity contribution >= 4 is 27.7 Å². The number of nitrogens with zero attached hydrogens (tertiary/aromatic N) is 1. The first-order valence-corrected chi connectivity index (χ1v) is 11.8. The standard InChI is InChI=1S/C25H26FN3O3S/c1-29(2)24(21-9-6-10-22(26)17-21)18-27-25(30)20-11-13-23(14-12-20)28-33(31,32)16-15-19-7-4-3-5-8-19/h3-17,24,28H,18H2,1-2H3,(H,27,30)/b16-15+/t24-/m1/s1. The van der Waals surface area contributed by atoms with E-state index in [2.05, 4.69) is 10.0 Å². The van der Waals surface area contributed by atoms with E-state index in [4.69, 9.17) is 0 Å². The molecule has 2 N–H and O–H groups in total. The van der Waals surface area contributed by atoms with Crippen LogP contribution in [0.3, 0.4) is 0 Å². The van der Waals surface area contributed by atoms with Crippen molar-refractivity contribution < 1.29 is 17.6 Å². The van der Waals surface area contributed by atoms with E-state index in [0.717, 1.165) is 16.5 Å². The Bertz CT molecular complexity index is 1210. The molecule has 8 heteroatoms. The van der Waals surface area contributed by atoms with E-state index in [1.165, 1.54) is 30.3 Å². The summed E-state index contributed by atoms with van der Waals surface area (Å²) in [5.74, 6) is -0.640. The zero-order valence-corrected chi connectivity index (χ0v) is 19.2. The molecule has 3 aromatic carbocycles. The number of amides is 1. The van der Waals surface area contributed by atoms with E-state index in [-0.39, 0.29) is 24.3 Å². The molecule has 3 aromatic rings. The van der Waals surface area contributed by atoms with E-state index in [1.807, 2.05) is 43.3 Å². The van der Waals surface area contributed by atoms with Gasteiger partial charge in [-0.2, -0.15) is 0 Å². The minimum absolute atomic E-state index is 0.202. The molecule has 0 spiro atoms. The Hall–Kier alpha value is -3.49. The zero-order valence-electron chi connectivity index (χ0n) is 18.4. The minimum atomic E-state index is -3.70. The third-order valence-electron chi connectivity index (χ3n) is 4.96. The van der Waals surface area contributed by atoms with Crippen LogP contribution in [0.2, 0.25) is 0 Å². The number of carbonyl (C=O) groups excluding carboxylic acids is 1. The van der Waals surface area contributed by atoms with Gasteiger partial charge in [-0.15, -0.1) is 0 Å². The fourth-order valence-corrected chi connectivity index (χ4v) is 4.09. The quantitative estimate of drug-likeness (QED) is 0.493. The predicted molar refractivity (Wildman–Crippen MR) is 130 cm³/mol. The summed E-state index contributed by atoms with van der Waals surface area (Å²) in [7, 11) is 0.0137. The lowest BCUT2D eigenvalue weighted by Gasteiger charge is -2.25. The van der Waals surface area contributed by atoms with Crippen molar-refractivity contribution in [2.24, 2.45) is 0 Å². The Labute approximate surface area is 193 Å². The third-order valence-corrected chi connectivity index (χ3v) is 5.97. The van der Waals surface area contributed by atoms with Gasteiger partial charge in [0.25, 0.3) is 15.9 Å². The molecule has 172 valence electrons. The number of hydrogen-bond donors (Lipinski definition) is 2. The van der Waals surface area contributed by atoms with Gasteiger partial charge < -0.3 is 10.2 Å². The molecule has 3 rings (SSSR count). The highest BCUT2D eigenvalue weighted by Gasteiger charge is 2.16. The molecule has 0 aliphatic rings. The van der Waals surface area contributed by atoms with E-state index < -0.39 is 10.0 Å². The lowest BCUT2D eigenvalue weighted by molar-refractivity contribution is 0.0942. The second-order valence-electron chi connectivity index (χ2n) is 7.68. The fourth-order valence-electron chi connectivity index (χ4n) is 3.22. The molecule has 0 aromatic heterocycles. The highest BCUT2D eigenvalue weighted by atomic mass is 32.2. The lowest BCUT2D eigenvalue weighted by Crippen LogP contribution is -2.34. The third kappa shape index (κ3) is 7.27. The van der Waals surface area contributed by atoms with Crippen LogP contribution in [0.25, 0.3) is 6.08 Å². The van der Waals surface area contributed by atoms with Crippen LogP contribution in [-0.2, 0) is 10.0 Å². The summed E-state index contributed by atoms with van der Waals surface area (Å²) >= 11 is 0. The summed E-state index contributed by atoms with van der Waals surface area (Å²) in [4.78, 5) is 14.5. The number of hydrogen-bond acceptors (Lipinski definition) is 4. The van der Waals surface area contributed by atoms with E-state index in [9.17, 15) is 17.6 Å². The maximum Gasteiger partial charge on any atom is 0.255 e. The van der Waals surface area contributed by atoms with Gasteiger partial charge in [-0.25, -0.2) is 12.8 Å². The van der Waals surface area contributed by atoms with Gasteiger partial charge >= 0.3 is 0 Å². The SMILES string of the molecule is CN(C)[C@H](CNC(=O)c1ccc(NS(=O)(=O)/C=C/c2ccccc2)cc1)c1cccc(F)c1. The molecule has 0 aliphatic carbocycles. The van der Waals surface area contributed by atoms with Crippen LogP contribution in [0.15, 0.2) is 84.3 Å². The zero-order chi connectivity index (χ0) is 23.8. The first-order valence-electron chi connectivity index (χ1n) is 10.3. The Morgan fingerprint density at radius 2 is 1.70 bits per heavy atom. The minimum Gasteiger partial charge on any atom is -0.350 e. The van der Waals surface area contributed by atoms with Crippen LogP contribution in [0.4, 0.5) is 10.1 Å². The Morgan fingerprint density at radius 3 is 2.33 bits per heavy atom. The first-order chi connectivity index (χ1) is 15.7. The average Bonchev–Trinajstić information content (AvgIpc) is 2.78. The summed E-state index contributed by atoms with van der Waals surface area (Å²) in [6, 6.07) is 21.3. The molecule has 1 amide bonds. The summed E-state index contributed by atoms with van der Waals surface area (Å²) in [6.07, 6.45) is 1.50. The van der Waals surface area contributed by atoms with Gasteiger partial charge in [0.2, 0.25) is 0 Å². The molecular formula is C25H26FN3O3S. The molecule has 1 atom stereocenters. The van der Waals surface area contributed by atoms with Gasteiger partial charge in [0.05, 0.1) is 11.4 Å². The molecule has 6 nitrogen and oxygen atoms in total. The van der Waals surface area contributed by atoms with Gasteiger partial charge in [-0.3, -0.25) is 9.52 Å². The van der Waals surface area contributed by atoms with E-state index >= 15 is 0 Å². The van der Waals surface area contributed by atoms with Gasteiger partial charge in [0.15, 0.2) is 0 Å². The second kappa shape index (κ2) is 10.9. The highest BCUT2D eigenvalue weighted by Crippen LogP contribution is 2.19. The average molecular weight is 468 g/mol. The van der Waals surface area contributed by atoms with Crippen molar-refractivity contribution in [3.63, 3.8) is 0 Å². The number of anilines is 1. The van der Waals surface area contributed by atoms with Crippen LogP contribution in [-0.4, -0.2) is 39.9 Å². The normalized spacial score (nSPS) is 12.6. The van der Waals surface area contributed by atoms with Gasteiger partial charge in [0.1, 0.15) is 5.82 Å². The highest BCUT2D eigenvalue weighted by molar-refractivity contribution is 7.95. The fraction of sp³-hybridized carbons (Fsp3) is 0.160. The van der Waals surface area contributed by atoms with Crippen LogP contribution >= 0.6 is 0 Å². The second-order valence-corrected chi connectivity index (χ2v) is 9.25. The number of benzene rings is 3. The van der Waals surface area contributed by atoms with Crippen LogP contribution in [0.1, 0.15) is 27.5 Å². The van der Waals surface area contributed by atoms with E-state index in [1.54, 1.807) is 30.3 Å². The van der Waals surface area contributed by atoms with Gasteiger partial charge in [0, 0.05) is 17.8 Å². The molecule has 0 bridgehead atoms. The van der Waals surface area contributed by atoms with Crippen LogP contribution in [0.5, 0.6) is 0 Å². The van der Waals surface area contributed by atoms with Crippen molar-refractivity contribution in [1.29, 1.82) is 0 Å². The van der Waals surface area contributed by atoms with Crippen LogP contribution in [0, 0.1) is 5.82 Å². The monoisotopic (exact) mass is 467 g/mol. The number of sulfonamides is 1. The number of rotatable bonds is 9. The molecule has 0 fully saturated rings. The topological polar surface area (TPSA) is 78.5 Å². The smallest absolute Gasteiger partial charge is 0.255 e. The van der Waals surface area contributed by atoms with Gasteiger partial charge in [-0.1, -0.05) is 42.5 Å². The van der Waals surface area contributed by atoms with Crippen molar-refractivity contribution in [2.45, 2.75) is 6.04 Å². The summed E-state index contributed by atoms with van der Waals surface area (Å²) in [5, 5.41) is 3.95.